The van der Waals surface area contributed by atoms with Crippen molar-refractivity contribution in [1.82, 2.24) is 20.2 Å². The van der Waals surface area contributed by atoms with Crippen LogP contribution in [-0.4, -0.2) is 32.8 Å². The van der Waals surface area contributed by atoms with Crippen LogP contribution in [0.2, 0.25) is 0 Å². The predicted octanol–water partition coefficient (Wildman–Crippen LogP) is 2.78. The molecule has 0 aliphatic heterocycles. The lowest BCUT2D eigenvalue weighted by Gasteiger charge is -2.19. The van der Waals surface area contributed by atoms with Gasteiger partial charge in [-0.25, -0.2) is 0 Å². The van der Waals surface area contributed by atoms with E-state index in [1.165, 1.54) is 25.7 Å². The zero-order valence-electron chi connectivity index (χ0n) is 12.4. The third-order valence-electron chi connectivity index (χ3n) is 4.41. The third-order valence-corrected chi connectivity index (χ3v) is 4.41. The van der Waals surface area contributed by atoms with Gasteiger partial charge in [0.25, 0.3) is 0 Å². The Morgan fingerprint density at radius 1 is 1.24 bits per heavy atom. The summed E-state index contributed by atoms with van der Waals surface area (Å²) in [6.07, 6.45) is 8.30. The fraction of sp³-hybridized carbons (Fsp3) is 0.667. The van der Waals surface area contributed by atoms with Crippen LogP contribution in [0.4, 0.5) is 11.8 Å². The van der Waals surface area contributed by atoms with Gasteiger partial charge in [-0.3, -0.25) is 5.10 Å². The highest BCUT2D eigenvalue weighted by Gasteiger charge is 2.41. The first kappa shape index (κ1) is 12.9. The van der Waals surface area contributed by atoms with Gasteiger partial charge < -0.3 is 10.6 Å². The van der Waals surface area contributed by atoms with Crippen LogP contribution < -0.4 is 10.6 Å². The highest BCUT2D eigenvalue weighted by Crippen LogP contribution is 2.46. The molecular formula is C15H22N6. The molecular weight excluding hydrogens is 264 g/mol. The van der Waals surface area contributed by atoms with Crippen molar-refractivity contribution in [2.45, 2.75) is 45.1 Å². The van der Waals surface area contributed by atoms with E-state index < -0.39 is 0 Å². The van der Waals surface area contributed by atoms with Crippen molar-refractivity contribution in [3.63, 3.8) is 0 Å². The molecule has 4 rings (SSSR count). The molecule has 2 saturated carbocycles. The smallest absolute Gasteiger partial charge is 0.226 e. The van der Waals surface area contributed by atoms with Gasteiger partial charge in [-0.15, -0.1) is 0 Å². The Morgan fingerprint density at radius 3 is 2.67 bits per heavy atom. The molecule has 6 heteroatoms. The van der Waals surface area contributed by atoms with Crippen LogP contribution in [0.15, 0.2) is 6.20 Å². The van der Waals surface area contributed by atoms with Crippen LogP contribution in [0.25, 0.3) is 11.0 Å². The number of nitrogens with one attached hydrogen (secondary N) is 3. The largest absolute Gasteiger partial charge is 0.366 e. The quantitative estimate of drug-likeness (QED) is 0.729. The second kappa shape index (κ2) is 5.16. The molecule has 2 aliphatic carbocycles. The van der Waals surface area contributed by atoms with Crippen molar-refractivity contribution in [3.8, 4) is 0 Å². The lowest BCUT2D eigenvalue weighted by Crippen LogP contribution is -2.25. The number of aromatic amines is 1. The van der Waals surface area contributed by atoms with Crippen LogP contribution >= 0.6 is 0 Å². The van der Waals surface area contributed by atoms with Crippen molar-refractivity contribution in [2.75, 3.05) is 17.2 Å². The minimum Gasteiger partial charge on any atom is -0.366 e. The van der Waals surface area contributed by atoms with E-state index in [9.17, 15) is 0 Å². The van der Waals surface area contributed by atoms with Crippen LogP contribution in [0.5, 0.6) is 0 Å². The van der Waals surface area contributed by atoms with E-state index in [4.69, 9.17) is 0 Å². The number of hydrogen-bond acceptors (Lipinski definition) is 5. The molecule has 0 atom stereocenters. The summed E-state index contributed by atoms with van der Waals surface area (Å²) in [5, 5.41) is 15.0. The topological polar surface area (TPSA) is 78.5 Å². The molecule has 0 radical (unpaired) electrons. The average molecular weight is 286 g/mol. The van der Waals surface area contributed by atoms with E-state index in [1.54, 1.807) is 0 Å². The van der Waals surface area contributed by atoms with Crippen molar-refractivity contribution in [3.05, 3.63) is 6.20 Å². The van der Waals surface area contributed by atoms with E-state index >= 15 is 0 Å². The number of fused-ring (bicyclic) bond motifs is 1. The van der Waals surface area contributed by atoms with Gasteiger partial charge >= 0.3 is 0 Å². The average Bonchev–Trinajstić information content (AvgIpc) is 3.40. The maximum absolute atomic E-state index is 4.68. The molecule has 112 valence electrons. The summed E-state index contributed by atoms with van der Waals surface area (Å²) in [5.74, 6) is 3.28. The van der Waals surface area contributed by atoms with Gasteiger partial charge in [0.2, 0.25) is 5.95 Å². The molecule has 0 saturated heterocycles. The van der Waals surface area contributed by atoms with Gasteiger partial charge in [-0.1, -0.05) is 6.92 Å². The van der Waals surface area contributed by atoms with Gasteiger partial charge in [-0.05, 0) is 43.9 Å². The Labute approximate surface area is 124 Å². The second-order valence-corrected chi connectivity index (χ2v) is 6.30. The Morgan fingerprint density at radius 2 is 2.00 bits per heavy atom. The molecule has 0 aromatic carbocycles. The Kier molecular flexibility index (Phi) is 3.16. The molecule has 2 aliphatic rings. The van der Waals surface area contributed by atoms with Gasteiger partial charge in [0.1, 0.15) is 5.82 Å². The molecule has 21 heavy (non-hydrogen) atoms. The summed E-state index contributed by atoms with van der Waals surface area (Å²) in [4.78, 5) is 9.16. The monoisotopic (exact) mass is 286 g/mol. The second-order valence-electron chi connectivity index (χ2n) is 6.30. The first-order valence-electron chi connectivity index (χ1n) is 8.06. The van der Waals surface area contributed by atoms with Gasteiger partial charge in [0, 0.05) is 12.6 Å². The number of aromatic nitrogens is 4. The zero-order valence-corrected chi connectivity index (χ0v) is 12.4. The summed E-state index contributed by atoms with van der Waals surface area (Å²) < 4.78 is 0. The Bertz CT molecular complexity index is 616. The van der Waals surface area contributed by atoms with Crippen LogP contribution in [0, 0.1) is 11.8 Å². The van der Waals surface area contributed by atoms with E-state index in [1.807, 2.05) is 6.20 Å². The molecule has 3 N–H and O–H groups in total. The summed E-state index contributed by atoms with van der Waals surface area (Å²) >= 11 is 0. The minimum absolute atomic E-state index is 0.581. The summed E-state index contributed by atoms with van der Waals surface area (Å²) in [6, 6.07) is 0.581. The molecule has 6 nitrogen and oxygen atoms in total. The van der Waals surface area contributed by atoms with E-state index in [2.05, 4.69) is 37.7 Å². The van der Waals surface area contributed by atoms with Crippen LogP contribution in [0.1, 0.15) is 39.0 Å². The fourth-order valence-electron chi connectivity index (χ4n) is 2.95. The highest BCUT2D eigenvalue weighted by molar-refractivity contribution is 5.87. The molecule has 2 heterocycles. The molecule has 0 unspecified atom stereocenters. The number of hydrogen-bond donors (Lipinski definition) is 3. The van der Waals surface area contributed by atoms with E-state index in [0.717, 1.165) is 41.7 Å². The molecule has 2 fully saturated rings. The number of anilines is 2. The fourth-order valence-corrected chi connectivity index (χ4v) is 2.95. The normalized spacial score (nSPS) is 18.4. The summed E-state index contributed by atoms with van der Waals surface area (Å²) in [6.45, 7) is 3.02. The molecule has 0 amide bonds. The molecule has 0 bridgehead atoms. The van der Waals surface area contributed by atoms with E-state index in [-0.39, 0.29) is 0 Å². The van der Waals surface area contributed by atoms with Crippen molar-refractivity contribution in [2.24, 2.45) is 11.8 Å². The summed E-state index contributed by atoms with van der Waals surface area (Å²) in [7, 11) is 0. The maximum Gasteiger partial charge on any atom is 0.226 e. The van der Waals surface area contributed by atoms with Crippen molar-refractivity contribution in [1.29, 1.82) is 0 Å². The SMILES string of the molecule is CCCNc1nc(NC(C2CC2)C2CC2)c2cn[nH]c2n1. The Balaban J connectivity index is 1.63. The number of rotatable bonds is 7. The van der Waals surface area contributed by atoms with Gasteiger partial charge in [-0.2, -0.15) is 15.1 Å². The highest BCUT2D eigenvalue weighted by atomic mass is 15.2. The number of nitrogens with zero attached hydrogens (tertiary/aromatic N) is 3. The number of H-pyrrole nitrogens is 1. The molecule has 0 spiro atoms. The van der Waals surface area contributed by atoms with E-state index in [0.29, 0.717) is 12.0 Å². The Hall–Kier alpha value is -1.85. The van der Waals surface area contributed by atoms with Crippen molar-refractivity contribution < 1.29 is 0 Å². The summed E-state index contributed by atoms with van der Waals surface area (Å²) in [5.41, 5.74) is 0.802. The first-order chi connectivity index (χ1) is 10.3. The van der Waals surface area contributed by atoms with Gasteiger partial charge in [0.15, 0.2) is 5.65 Å². The minimum atomic E-state index is 0.581. The first-order valence-corrected chi connectivity index (χ1v) is 8.06. The van der Waals surface area contributed by atoms with Gasteiger partial charge in [0.05, 0.1) is 11.6 Å². The standard InChI is InChI=1S/C15H22N6/c1-2-7-16-15-19-13(11-8-17-21-14(11)20-15)18-12(9-3-4-9)10-5-6-10/h8-10,12H,2-7H2,1H3,(H3,16,17,18,19,20,21). The molecule has 2 aromatic rings. The maximum atomic E-state index is 4.68. The predicted molar refractivity (Wildman–Crippen MR) is 83.3 cm³/mol. The molecule has 2 aromatic heterocycles. The van der Waals surface area contributed by atoms with Crippen molar-refractivity contribution >= 4 is 22.8 Å². The third kappa shape index (κ3) is 2.66. The lowest BCUT2D eigenvalue weighted by atomic mass is 10.1. The zero-order chi connectivity index (χ0) is 14.2. The lowest BCUT2D eigenvalue weighted by molar-refractivity contribution is 0.566. The van der Waals surface area contributed by atoms with Crippen LogP contribution in [0.3, 0.4) is 0 Å². The van der Waals surface area contributed by atoms with Crippen LogP contribution in [-0.2, 0) is 0 Å².